The van der Waals surface area contributed by atoms with Crippen molar-refractivity contribution in [3.8, 4) is 17.2 Å². The lowest BCUT2D eigenvalue weighted by Gasteiger charge is -2.13. The van der Waals surface area contributed by atoms with Gasteiger partial charge in [-0.1, -0.05) is 53.7 Å². The predicted molar refractivity (Wildman–Crippen MR) is 111 cm³/mol. The minimum Gasteiger partial charge on any atom is -0.489 e. The van der Waals surface area contributed by atoms with E-state index in [-0.39, 0.29) is 18.2 Å². The Morgan fingerprint density at radius 3 is 2.34 bits per heavy atom. The summed E-state index contributed by atoms with van der Waals surface area (Å²) in [6.07, 6.45) is 0. The third-order valence-corrected chi connectivity index (χ3v) is 4.08. The summed E-state index contributed by atoms with van der Waals surface area (Å²) in [5.74, 6) is 1.74. The lowest BCUT2D eigenvalue weighted by atomic mass is 10.0. The minimum atomic E-state index is -0.336. The molecule has 0 saturated heterocycles. The molecule has 1 amide bonds. The molecule has 0 atom stereocenters. The van der Waals surface area contributed by atoms with Crippen molar-refractivity contribution in [1.82, 2.24) is 5.32 Å². The number of para-hydroxylation sites is 1. The maximum Gasteiger partial charge on any atom is 0.273 e. The Labute approximate surface area is 169 Å². The number of likely N-dealkylation sites (N-methyl/N-ethyl adjacent to an activating group) is 1. The third-order valence-electron chi connectivity index (χ3n) is 4.08. The normalized spacial score (nSPS) is 10.9. The summed E-state index contributed by atoms with van der Waals surface area (Å²) in [6.45, 7) is 0.255. The van der Waals surface area contributed by atoms with Gasteiger partial charge in [0.2, 0.25) is 0 Å². The molecule has 29 heavy (non-hydrogen) atoms. The van der Waals surface area contributed by atoms with Gasteiger partial charge >= 0.3 is 0 Å². The summed E-state index contributed by atoms with van der Waals surface area (Å²) in [6, 6.07) is 24.3. The van der Waals surface area contributed by atoms with Crippen molar-refractivity contribution >= 4 is 11.6 Å². The zero-order valence-corrected chi connectivity index (χ0v) is 16.3. The van der Waals surface area contributed by atoms with Crippen molar-refractivity contribution in [2.75, 3.05) is 14.2 Å². The number of benzene rings is 3. The first-order chi connectivity index (χ1) is 14.2. The number of ether oxygens (including phenoxy) is 2. The van der Waals surface area contributed by atoms with E-state index in [0.29, 0.717) is 17.1 Å². The van der Waals surface area contributed by atoms with E-state index in [1.54, 1.807) is 13.1 Å². The molecule has 3 aromatic carbocycles. The molecule has 0 radical (unpaired) electrons. The maximum atomic E-state index is 12.2. The molecule has 0 aliphatic carbocycles. The van der Waals surface area contributed by atoms with Gasteiger partial charge in [-0.25, -0.2) is 0 Å². The number of hydrogen-bond donors (Lipinski definition) is 1. The topological polar surface area (TPSA) is 69.2 Å². The van der Waals surface area contributed by atoms with Gasteiger partial charge in [-0.05, 0) is 29.8 Å². The fourth-order valence-electron chi connectivity index (χ4n) is 2.71. The molecule has 0 aromatic heterocycles. The number of rotatable bonds is 8. The summed E-state index contributed by atoms with van der Waals surface area (Å²) in [5, 5.41) is 6.44. The fraction of sp³-hybridized carbons (Fsp3) is 0.130. The molecule has 6 heteroatoms. The SMILES string of the molecule is CNC(=O)C(=NOC)c1ccccc1COc1cccc(Oc2ccccc2)c1. The Bertz CT molecular complexity index is 987. The summed E-state index contributed by atoms with van der Waals surface area (Å²) >= 11 is 0. The first-order valence-electron chi connectivity index (χ1n) is 9.08. The van der Waals surface area contributed by atoms with Crippen LogP contribution in [0.4, 0.5) is 0 Å². The Morgan fingerprint density at radius 1 is 0.897 bits per heavy atom. The van der Waals surface area contributed by atoms with E-state index < -0.39 is 0 Å². The average molecular weight is 390 g/mol. The molecule has 3 rings (SSSR count). The Hall–Kier alpha value is -3.80. The molecule has 6 nitrogen and oxygen atoms in total. The van der Waals surface area contributed by atoms with Crippen molar-refractivity contribution in [2.45, 2.75) is 6.61 Å². The third kappa shape index (κ3) is 5.35. The van der Waals surface area contributed by atoms with E-state index in [1.165, 1.54) is 7.11 Å². The summed E-state index contributed by atoms with van der Waals surface area (Å²) < 4.78 is 11.8. The summed E-state index contributed by atoms with van der Waals surface area (Å²) in [5.41, 5.74) is 1.64. The zero-order chi connectivity index (χ0) is 20.5. The molecule has 0 aliphatic heterocycles. The van der Waals surface area contributed by atoms with Gasteiger partial charge in [0.25, 0.3) is 5.91 Å². The van der Waals surface area contributed by atoms with Gasteiger partial charge in [0.1, 0.15) is 31.0 Å². The molecule has 3 aromatic rings. The Morgan fingerprint density at radius 2 is 1.59 bits per heavy atom. The highest BCUT2D eigenvalue weighted by Gasteiger charge is 2.17. The van der Waals surface area contributed by atoms with Gasteiger partial charge in [-0.2, -0.15) is 0 Å². The molecule has 0 saturated carbocycles. The summed E-state index contributed by atoms with van der Waals surface area (Å²) in [4.78, 5) is 17.0. The van der Waals surface area contributed by atoms with Crippen molar-refractivity contribution in [3.05, 3.63) is 90.0 Å². The quantitative estimate of drug-likeness (QED) is 0.463. The number of carbonyl (C=O) groups excluding carboxylic acids is 1. The smallest absolute Gasteiger partial charge is 0.273 e. The van der Waals surface area contributed by atoms with E-state index in [2.05, 4.69) is 10.5 Å². The molecule has 0 aliphatic rings. The van der Waals surface area contributed by atoms with Crippen LogP contribution in [0.2, 0.25) is 0 Å². The van der Waals surface area contributed by atoms with Crippen molar-refractivity contribution < 1.29 is 19.1 Å². The number of nitrogens with one attached hydrogen (secondary N) is 1. The second-order valence-corrected chi connectivity index (χ2v) is 6.04. The predicted octanol–water partition coefficient (Wildman–Crippen LogP) is 4.15. The van der Waals surface area contributed by atoms with Crippen LogP contribution < -0.4 is 14.8 Å². The van der Waals surface area contributed by atoms with Crippen LogP contribution >= 0.6 is 0 Å². The van der Waals surface area contributed by atoms with Gasteiger partial charge in [0.05, 0.1) is 0 Å². The van der Waals surface area contributed by atoms with Gasteiger partial charge in [0, 0.05) is 18.7 Å². The van der Waals surface area contributed by atoms with Crippen LogP contribution in [0.5, 0.6) is 17.2 Å². The van der Waals surface area contributed by atoms with E-state index in [9.17, 15) is 4.79 Å². The molecular weight excluding hydrogens is 368 g/mol. The number of amides is 1. The molecule has 0 unspecified atom stereocenters. The molecule has 0 bridgehead atoms. The monoisotopic (exact) mass is 390 g/mol. The number of carbonyl (C=O) groups is 1. The second kappa shape index (κ2) is 9.94. The second-order valence-electron chi connectivity index (χ2n) is 6.04. The van der Waals surface area contributed by atoms with Crippen LogP contribution in [0.1, 0.15) is 11.1 Å². The highest BCUT2D eigenvalue weighted by Crippen LogP contribution is 2.26. The first kappa shape index (κ1) is 19.9. The molecule has 0 spiro atoms. The Balaban J connectivity index is 1.76. The van der Waals surface area contributed by atoms with Crippen LogP contribution in [0.25, 0.3) is 0 Å². The highest BCUT2D eigenvalue weighted by molar-refractivity contribution is 6.45. The van der Waals surface area contributed by atoms with E-state index in [1.807, 2.05) is 72.8 Å². The number of nitrogens with zero attached hydrogens (tertiary/aromatic N) is 1. The Kier molecular flexibility index (Phi) is 6.84. The van der Waals surface area contributed by atoms with Crippen LogP contribution in [-0.2, 0) is 16.2 Å². The van der Waals surface area contributed by atoms with Gasteiger partial charge in [-0.15, -0.1) is 0 Å². The first-order valence-corrected chi connectivity index (χ1v) is 9.08. The van der Waals surface area contributed by atoms with Gasteiger partial charge in [-0.3, -0.25) is 4.79 Å². The summed E-state index contributed by atoms with van der Waals surface area (Å²) in [7, 11) is 2.95. The number of hydrogen-bond acceptors (Lipinski definition) is 5. The van der Waals surface area contributed by atoms with Crippen molar-refractivity contribution in [1.29, 1.82) is 0 Å². The minimum absolute atomic E-state index is 0.190. The van der Waals surface area contributed by atoms with Crippen LogP contribution in [0, 0.1) is 0 Å². The maximum absolute atomic E-state index is 12.2. The molecule has 148 valence electrons. The fourth-order valence-corrected chi connectivity index (χ4v) is 2.71. The van der Waals surface area contributed by atoms with Crippen molar-refractivity contribution in [3.63, 3.8) is 0 Å². The van der Waals surface area contributed by atoms with Crippen LogP contribution in [-0.4, -0.2) is 25.8 Å². The molecule has 0 fully saturated rings. The van der Waals surface area contributed by atoms with Gasteiger partial charge < -0.3 is 19.6 Å². The highest BCUT2D eigenvalue weighted by atomic mass is 16.6. The van der Waals surface area contributed by atoms with E-state index in [4.69, 9.17) is 14.3 Å². The van der Waals surface area contributed by atoms with E-state index in [0.717, 1.165) is 11.3 Å². The molecule has 0 heterocycles. The average Bonchev–Trinajstić information content (AvgIpc) is 2.77. The molecule has 1 N–H and O–H groups in total. The van der Waals surface area contributed by atoms with Gasteiger partial charge in [0.15, 0.2) is 5.71 Å². The molecular formula is C23H22N2O4. The van der Waals surface area contributed by atoms with Crippen molar-refractivity contribution in [2.24, 2.45) is 5.16 Å². The van der Waals surface area contributed by atoms with Crippen LogP contribution in [0.3, 0.4) is 0 Å². The largest absolute Gasteiger partial charge is 0.489 e. The lowest BCUT2D eigenvalue weighted by Crippen LogP contribution is -2.29. The number of oxime groups is 1. The zero-order valence-electron chi connectivity index (χ0n) is 16.3. The standard InChI is InChI=1S/C23H22N2O4/c1-24-23(26)22(25-27-2)21-14-7-6-9-17(21)16-28-19-12-8-13-20(15-19)29-18-10-4-3-5-11-18/h3-15H,16H2,1-2H3,(H,24,26). The van der Waals surface area contributed by atoms with E-state index >= 15 is 0 Å². The van der Waals surface area contributed by atoms with Crippen LogP contribution in [0.15, 0.2) is 84.0 Å². The lowest BCUT2D eigenvalue weighted by molar-refractivity contribution is -0.114.